The van der Waals surface area contributed by atoms with Crippen molar-refractivity contribution in [2.24, 2.45) is 0 Å². The Morgan fingerprint density at radius 1 is 1.17 bits per heavy atom. The first kappa shape index (κ1) is 20.3. The third-order valence-corrected chi connectivity index (χ3v) is 5.83. The van der Waals surface area contributed by atoms with Crippen molar-refractivity contribution >= 4 is 28.8 Å². The van der Waals surface area contributed by atoms with Crippen LogP contribution in [0.3, 0.4) is 0 Å². The van der Waals surface area contributed by atoms with E-state index < -0.39 is 0 Å². The SMILES string of the molecule is O=C(Nc1ccc(C(=O)N(Cc2cccnc2)CC2CCCO2)cc1)c1cccs1. The van der Waals surface area contributed by atoms with E-state index in [0.717, 1.165) is 25.0 Å². The molecule has 1 fully saturated rings. The molecule has 0 saturated carbocycles. The molecule has 0 bridgehead atoms. The minimum atomic E-state index is -0.152. The Bertz CT molecular complexity index is 969. The van der Waals surface area contributed by atoms with E-state index >= 15 is 0 Å². The van der Waals surface area contributed by atoms with Crippen LogP contribution in [0.2, 0.25) is 0 Å². The van der Waals surface area contributed by atoms with Gasteiger partial charge in [0, 0.05) is 43.3 Å². The minimum absolute atomic E-state index is 0.0644. The van der Waals surface area contributed by atoms with Crippen LogP contribution in [-0.2, 0) is 11.3 Å². The van der Waals surface area contributed by atoms with E-state index in [9.17, 15) is 9.59 Å². The third kappa shape index (κ3) is 5.11. The third-order valence-electron chi connectivity index (χ3n) is 4.97. The number of nitrogens with one attached hydrogen (secondary N) is 1. The smallest absolute Gasteiger partial charge is 0.265 e. The summed E-state index contributed by atoms with van der Waals surface area (Å²) in [5.41, 5.74) is 2.21. The molecule has 2 aromatic heterocycles. The molecule has 2 amide bonds. The Balaban J connectivity index is 1.46. The molecular formula is C23H23N3O3S. The van der Waals surface area contributed by atoms with Crippen molar-refractivity contribution < 1.29 is 14.3 Å². The topological polar surface area (TPSA) is 71.5 Å². The summed E-state index contributed by atoms with van der Waals surface area (Å²) in [6.45, 7) is 1.77. The second-order valence-electron chi connectivity index (χ2n) is 7.19. The molecule has 1 aliphatic heterocycles. The number of nitrogens with zero attached hydrogens (tertiary/aromatic N) is 2. The fourth-order valence-corrected chi connectivity index (χ4v) is 4.06. The number of aromatic nitrogens is 1. The summed E-state index contributed by atoms with van der Waals surface area (Å²) in [6, 6.07) is 14.5. The lowest BCUT2D eigenvalue weighted by Crippen LogP contribution is -2.37. The first-order chi connectivity index (χ1) is 14.7. The van der Waals surface area contributed by atoms with Gasteiger partial charge in [0.2, 0.25) is 0 Å². The Labute approximate surface area is 179 Å². The van der Waals surface area contributed by atoms with Gasteiger partial charge in [0.25, 0.3) is 11.8 Å². The zero-order valence-corrected chi connectivity index (χ0v) is 17.3. The van der Waals surface area contributed by atoms with Gasteiger partial charge in [-0.3, -0.25) is 14.6 Å². The Kier molecular flexibility index (Phi) is 6.51. The van der Waals surface area contributed by atoms with Crippen LogP contribution < -0.4 is 5.32 Å². The van der Waals surface area contributed by atoms with Crippen molar-refractivity contribution in [1.29, 1.82) is 0 Å². The number of carbonyl (C=O) groups is 2. The fourth-order valence-electron chi connectivity index (χ4n) is 3.44. The molecule has 1 unspecified atom stereocenters. The van der Waals surface area contributed by atoms with Crippen LogP contribution in [0.25, 0.3) is 0 Å². The number of benzene rings is 1. The van der Waals surface area contributed by atoms with Crippen LogP contribution in [0, 0.1) is 0 Å². The molecule has 1 aliphatic rings. The molecule has 0 spiro atoms. The highest BCUT2D eigenvalue weighted by Crippen LogP contribution is 2.19. The van der Waals surface area contributed by atoms with E-state index in [2.05, 4.69) is 10.3 Å². The summed E-state index contributed by atoms with van der Waals surface area (Å²) in [7, 11) is 0. The predicted molar refractivity (Wildman–Crippen MR) is 117 cm³/mol. The van der Waals surface area contributed by atoms with E-state index in [4.69, 9.17) is 4.74 Å². The van der Waals surface area contributed by atoms with Crippen molar-refractivity contribution in [2.45, 2.75) is 25.5 Å². The maximum absolute atomic E-state index is 13.2. The summed E-state index contributed by atoms with van der Waals surface area (Å²) in [4.78, 5) is 32.0. The summed E-state index contributed by atoms with van der Waals surface area (Å²) in [5, 5.41) is 4.72. The number of hydrogen-bond donors (Lipinski definition) is 1. The Hall–Kier alpha value is -3.03. The van der Waals surface area contributed by atoms with E-state index in [1.807, 2.05) is 28.5 Å². The number of anilines is 1. The maximum atomic E-state index is 13.2. The van der Waals surface area contributed by atoms with Gasteiger partial charge >= 0.3 is 0 Å². The standard InChI is InChI=1S/C23H23N3O3S/c27-22(21-6-3-13-30-21)25-19-9-7-18(8-10-19)23(28)26(16-20-5-2-12-29-20)15-17-4-1-11-24-14-17/h1,3-4,6-11,13-14,20H,2,5,12,15-16H2,(H,25,27). The van der Waals surface area contributed by atoms with Gasteiger partial charge in [-0.05, 0) is 60.2 Å². The number of hydrogen-bond acceptors (Lipinski definition) is 5. The fraction of sp³-hybridized carbons (Fsp3) is 0.261. The summed E-state index contributed by atoms with van der Waals surface area (Å²) >= 11 is 1.39. The van der Waals surface area contributed by atoms with Gasteiger partial charge < -0.3 is 15.0 Å². The van der Waals surface area contributed by atoms with E-state index in [1.54, 1.807) is 42.7 Å². The maximum Gasteiger partial charge on any atom is 0.265 e. The van der Waals surface area contributed by atoms with Crippen molar-refractivity contribution in [3.63, 3.8) is 0 Å². The summed E-state index contributed by atoms with van der Waals surface area (Å²) in [6.07, 6.45) is 5.55. The molecule has 6 nitrogen and oxygen atoms in total. The number of ether oxygens (including phenoxy) is 1. The van der Waals surface area contributed by atoms with Crippen LogP contribution in [0.1, 0.15) is 38.4 Å². The molecule has 7 heteroatoms. The number of carbonyl (C=O) groups excluding carboxylic acids is 2. The molecule has 4 rings (SSSR count). The van der Waals surface area contributed by atoms with Gasteiger partial charge in [0.1, 0.15) is 0 Å². The molecule has 154 valence electrons. The number of thiophene rings is 1. The van der Waals surface area contributed by atoms with Crippen molar-refractivity contribution in [3.05, 3.63) is 82.3 Å². The molecule has 1 atom stereocenters. The largest absolute Gasteiger partial charge is 0.376 e. The quantitative estimate of drug-likeness (QED) is 0.620. The van der Waals surface area contributed by atoms with Crippen molar-refractivity contribution in [3.8, 4) is 0 Å². The summed E-state index contributed by atoms with van der Waals surface area (Å²) < 4.78 is 5.75. The lowest BCUT2D eigenvalue weighted by atomic mass is 10.1. The average molecular weight is 422 g/mol. The number of rotatable bonds is 7. The van der Waals surface area contributed by atoms with Crippen molar-refractivity contribution in [1.82, 2.24) is 9.88 Å². The van der Waals surface area contributed by atoms with Crippen molar-refractivity contribution in [2.75, 3.05) is 18.5 Å². The van der Waals surface area contributed by atoms with E-state index in [1.165, 1.54) is 11.3 Å². The summed E-state index contributed by atoms with van der Waals surface area (Å²) in [5.74, 6) is -0.217. The molecular weight excluding hydrogens is 398 g/mol. The van der Waals surface area contributed by atoms with Gasteiger partial charge in [-0.2, -0.15) is 0 Å². The lowest BCUT2D eigenvalue weighted by molar-refractivity contribution is 0.0507. The lowest BCUT2D eigenvalue weighted by Gasteiger charge is -2.25. The monoisotopic (exact) mass is 421 g/mol. The zero-order valence-electron chi connectivity index (χ0n) is 16.5. The van der Waals surface area contributed by atoms with Crippen LogP contribution in [0.15, 0.2) is 66.3 Å². The number of pyridine rings is 1. The number of amides is 2. The second-order valence-corrected chi connectivity index (χ2v) is 8.14. The molecule has 3 heterocycles. The molecule has 1 saturated heterocycles. The predicted octanol–water partition coefficient (Wildman–Crippen LogP) is 4.22. The second kappa shape index (κ2) is 9.65. The van der Waals surface area contributed by atoms with Crippen LogP contribution in [0.4, 0.5) is 5.69 Å². The molecule has 30 heavy (non-hydrogen) atoms. The highest BCUT2D eigenvalue weighted by Gasteiger charge is 2.24. The highest BCUT2D eigenvalue weighted by atomic mass is 32.1. The van der Waals surface area contributed by atoms with E-state index in [0.29, 0.717) is 29.2 Å². The van der Waals surface area contributed by atoms with Gasteiger partial charge in [-0.25, -0.2) is 0 Å². The average Bonchev–Trinajstić information content (AvgIpc) is 3.48. The van der Waals surface area contributed by atoms with Gasteiger partial charge in [-0.15, -0.1) is 11.3 Å². The van der Waals surface area contributed by atoms with E-state index in [-0.39, 0.29) is 17.9 Å². The molecule has 0 radical (unpaired) electrons. The van der Waals surface area contributed by atoms with Crippen LogP contribution >= 0.6 is 11.3 Å². The van der Waals surface area contributed by atoms with Crippen LogP contribution in [-0.4, -0.2) is 41.0 Å². The first-order valence-corrected chi connectivity index (χ1v) is 10.8. The van der Waals surface area contributed by atoms with Gasteiger partial charge in [-0.1, -0.05) is 12.1 Å². The Morgan fingerprint density at radius 3 is 2.70 bits per heavy atom. The molecule has 0 aliphatic carbocycles. The molecule has 3 aromatic rings. The van der Waals surface area contributed by atoms with Gasteiger partial charge in [0.05, 0.1) is 11.0 Å². The molecule has 1 aromatic carbocycles. The van der Waals surface area contributed by atoms with Crippen LogP contribution in [0.5, 0.6) is 0 Å². The molecule has 1 N–H and O–H groups in total. The normalized spacial score (nSPS) is 15.7. The van der Waals surface area contributed by atoms with Gasteiger partial charge in [0.15, 0.2) is 0 Å². The zero-order chi connectivity index (χ0) is 20.8. The highest BCUT2D eigenvalue weighted by molar-refractivity contribution is 7.12. The Morgan fingerprint density at radius 2 is 2.03 bits per heavy atom. The minimum Gasteiger partial charge on any atom is -0.376 e. The first-order valence-electron chi connectivity index (χ1n) is 9.94.